The highest BCUT2D eigenvalue weighted by Crippen LogP contribution is 2.11. The van der Waals surface area contributed by atoms with E-state index < -0.39 is 9.84 Å². The third kappa shape index (κ3) is 6.04. The minimum Gasteiger partial charge on any atom is -0.352 e. The minimum atomic E-state index is -3.28. The maximum Gasteiger partial charge on any atom is 0.251 e. The highest BCUT2D eigenvalue weighted by molar-refractivity contribution is 7.90. The topological polar surface area (TPSA) is 75.3 Å². The van der Waals surface area contributed by atoms with E-state index in [2.05, 4.69) is 10.6 Å². The molecule has 0 fully saturated rings. The summed E-state index contributed by atoms with van der Waals surface area (Å²) in [4.78, 5) is 11.9. The molecule has 0 bridgehead atoms. The molecule has 1 rings (SSSR count). The number of halogens is 1. The van der Waals surface area contributed by atoms with Crippen LogP contribution in [-0.4, -0.2) is 40.7 Å². The van der Waals surface area contributed by atoms with Crippen molar-refractivity contribution in [3.05, 3.63) is 29.8 Å². The lowest BCUT2D eigenvalue weighted by atomic mass is 10.2. The van der Waals surface area contributed by atoms with Crippen LogP contribution in [-0.2, 0) is 9.84 Å². The first-order valence-electron chi connectivity index (χ1n) is 5.68. The Morgan fingerprint density at radius 3 is 2.53 bits per heavy atom. The van der Waals surface area contributed by atoms with Crippen LogP contribution in [0.2, 0.25) is 0 Å². The number of amides is 1. The molecule has 0 saturated carbocycles. The second-order valence-corrected chi connectivity index (χ2v) is 6.03. The summed E-state index contributed by atoms with van der Waals surface area (Å²) in [6.45, 7) is 1.38. The normalized spacial score (nSPS) is 10.6. The summed E-state index contributed by atoms with van der Waals surface area (Å²) in [5.74, 6) is -0.253. The first-order chi connectivity index (χ1) is 8.45. The SMILES string of the molecule is CNCCCNC(=O)c1cccc(S(C)(=O)=O)c1.Cl. The molecule has 108 valence electrons. The fourth-order valence-electron chi connectivity index (χ4n) is 1.44. The number of carbonyl (C=O) groups is 1. The van der Waals surface area contributed by atoms with E-state index in [1.165, 1.54) is 12.1 Å². The van der Waals surface area contributed by atoms with Crippen LogP contribution in [0.25, 0.3) is 0 Å². The molecule has 2 N–H and O–H groups in total. The van der Waals surface area contributed by atoms with Gasteiger partial charge in [-0.2, -0.15) is 0 Å². The van der Waals surface area contributed by atoms with Gasteiger partial charge in [0, 0.05) is 18.4 Å². The van der Waals surface area contributed by atoms with E-state index in [9.17, 15) is 13.2 Å². The number of hydrogen-bond donors (Lipinski definition) is 2. The number of hydrogen-bond acceptors (Lipinski definition) is 4. The fraction of sp³-hybridized carbons (Fsp3) is 0.417. The van der Waals surface area contributed by atoms with Gasteiger partial charge in [-0.3, -0.25) is 4.79 Å². The van der Waals surface area contributed by atoms with Crippen LogP contribution in [0.1, 0.15) is 16.8 Å². The Kier molecular flexibility index (Phi) is 7.66. The Labute approximate surface area is 120 Å². The lowest BCUT2D eigenvalue weighted by Crippen LogP contribution is -2.26. The van der Waals surface area contributed by atoms with Crippen LogP contribution < -0.4 is 10.6 Å². The van der Waals surface area contributed by atoms with Crippen molar-refractivity contribution < 1.29 is 13.2 Å². The lowest BCUT2D eigenvalue weighted by Gasteiger charge is -2.06. The van der Waals surface area contributed by atoms with Gasteiger partial charge in [-0.25, -0.2) is 8.42 Å². The number of sulfone groups is 1. The Balaban J connectivity index is 0.00000324. The second-order valence-electron chi connectivity index (χ2n) is 4.01. The summed E-state index contributed by atoms with van der Waals surface area (Å²) in [6, 6.07) is 6.04. The summed E-state index contributed by atoms with van der Waals surface area (Å²) in [5.41, 5.74) is 0.363. The van der Waals surface area contributed by atoms with Gasteiger partial charge < -0.3 is 10.6 Å². The standard InChI is InChI=1S/C12H18N2O3S.ClH/c1-13-7-4-8-14-12(15)10-5-3-6-11(9-10)18(2,16)17;/h3,5-6,9,13H,4,7-8H2,1-2H3,(H,14,15);1H. The van der Waals surface area contributed by atoms with E-state index >= 15 is 0 Å². The van der Waals surface area contributed by atoms with Crippen molar-refractivity contribution in [2.45, 2.75) is 11.3 Å². The molecular weight excluding hydrogens is 288 g/mol. The lowest BCUT2D eigenvalue weighted by molar-refractivity contribution is 0.0953. The van der Waals surface area contributed by atoms with Crippen LogP contribution in [0.15, 0.2) is 29.2 Å². The van der Waals surface area contributed by atoms with Crippen molar-refractivity contribution in [3.63, 3.8) is 0 Å². The second kappa shape index (κ2) is 8.14. The summed E-state index contributed by atoms with van der Waals surface area (Å²) in [7, 11) is -1.43. The van der Waals surface area contributed by atoms with Crippen molar-refractivity contribution in [2.75, 3.05) is 26.4 Å². The van der Waals surface area contributed by atoms with Crippen molar-refractivity contribution in [3.8, 4) is 0 Å². The van der Waals surface area contributed by atoms with Gasteiger partial charge >= 0.3 is 0 Å². The number of nitrogens with one attached hydrogen (secondary N) is 2. The van der Waals surface area contributed by atoms with Crippen LogP contribution in [0.4, 0.5) is 0 Å². The summed E-state index contributed by atoms with van der Waals surface area (Å²) < 4.78 is 22.7. The third-order valence-corrected chi connectivity index (χ3v) is 3.52. The van der Waals surface area contributed by atoms with Gasteiger partial charge in [0.2, 0.25) is 0 Å². The quantitative estimate of drug-likeness (QED) is 0.764. The molecule has 0 aliphatic heterocycles. The molecule has 0 aliphatic rings. The zero-order chi connectivity index (χ0) is 13.6. The first-order valence-corrected chi connectivity index (χ1v) is 7.57. The van der Waals surface area contributed by atoms with E-state index in [0.717, 1.165) is 19.2 Å². The van der Waals surface area contributed by atoms with Crippen LogP contribution in [0.3, 0.4) is 0 Å². The molecule has 0 heterocycles. The largest absolute Gasteiger partial charge is 0.352 e. The monoisotopic (exact) mass is 306 g/mol. The zero-order valence-corrected chi connectivity index (χ0v) is 12.6. The fourth-order valence-corrected chi connectivity index (χ4v) is 2.10. The summed E-state index contributed by atoms with van der Waals surface area (Å²) >= 11 is 0. The van der Waals surface area contributed by atoms with Crippen molar-refractivity contribution in [2.24, 2.45) is 0 Å². The maximum atomic E-state index is 11.8. The van der Waals surface area contributed by atoms with E-state index in [1.54, 1.807) is 12.1 Å². The predicted octanol–water partition coefficient (Wildman–Crippen LogP) is 0.851. The molecule has 1 amide bonds. The maximum absolute atomic E-state index is 11.8. The number of rotatable bonds is 6. The molecule has 1 aromatic carbocycles. The third-order valence-electron chi connectivity index (χ3n) is 2.41. The van der Waals surface area contributed by atoms with Gasteiger partial charge in [0.05, 0.1) is 4.90 Å². The molecular formula is C12H19ClN2O3S. The first kappa shape index (κ1) is 17.9. The molecule has 0 aromatic heterocycles. The highest BCUT2D eigenvalue weighted by atomic mass is 35.5. The van der Waals surface area contributed by atoms with Gasteiger partial charge in [0.25, 0.3) is 5.91 Å². The van der Waals surface area contributed by atoms with Crippen LogP contribution in [0, 0.1) is 0 Å². The predicted molar refractivity (Wildman–Crippen MR) is 77.7 cm³/mol. The Morgan fingerprint density at radius 1 is 1.26 bits per heavy atom. The highest BCUT2D eigenvalue weighted by Gasteiger charge is 2.10. The molecule has 0 spiro atoms. The molecule has 19 heavy (non-hydrogen) atoms. The molecule has 0 unspecified atom stereocenters. The van der Waals surface area contributed by atoms with Crippen LogP contribution >= 0.6 is 12.4 Å². The van der Waals surface area contributed by atoms with E-state index in [-0.39, 0.29) is 23.2 Å². The number of carbonyl (C=O) groups excluding carboxylic acids is 1. The van der Waals surface area contributed by atoms with Gasteiger partial charge in [-0.05, 0) is 38.2 Å². The molecule has 5 nitrogen and oxygen atoms in total. The Bertz CT molecular complexity index is 517. The van der Waals surface area contributed by atoms with Crippen molar-refractivity contribution in [1.29, 1.82) is 0 Å². The van der Waals surface area contributed by atoms with Crippen molar-refractivity contribution in [1.82, 2.24) is 10.6 Å². The van der Waals surface area contributed by atoms with Gasteiger partial charge in [-0.15, -0.1) is 12.4 Å². The molecule has 0 saturated heterocycles. The van der Waals surface area contributed by atoms with Gasteiger partial charge in [0.15, 0.2) is 9.84 Å². The van der Waals surface area contributed by atoms with Crippen LogP contribution in [0.5, 0.6) is 0 Å². The smallest absolute Gasteiger partial charge is 0.251 e. The van der Waals surface area contributed by atoms with E-state index in [1.807, 2.05) is 7.05 Å². The average Bonchev–Trinajstić information content (AvgIpc) is 2.33. The van der Waals surface area contributed by atoms with Gasteiger partial charge in [0.1, 0.15) is 0 Å². The summed E-state index contributed by atoms with van der Waals surface area (Å²) in [5, 5.41) is 5.72. The summed E-state index contributed by atoms with van der Waals surface area (Å²) in [6.07, 6.45) is 1.95. The average molecular weight is 307 g/mol. The zero-order valence-electron chi connectivity index (χ0n) is 11.0. The number of benzene rings is 1. The minimum absolute atomic E-state index is 0. The van der Waals surface area contributed by atoms with E-state index in [0.29, 0.717) is 12.1 Å². The molecule has 0 radical (unpaired) electrons. The van der Waals surface area contributed by atoms with Gasteiger partial charge in [-0.1, -0.05) is 6.07 Å². The van der Waals surface area contributed by atoms with E-state index in [4.69, 9.17) is 0 Å². The Hall–Kier alpha value is -1.11. The van der Waals surface area contributed by atoms with Crippen molar-refractivity contribution >= 4 is 28.2 Å². The molecule has 0 atom stereocenters. The molecule has 1 aromatic rings. The molecule has 7 heteroatoms. The Morgan fingerprint density at radius 2 is 1.95 bits per heavy atom. The molecule has 0 aliphatic carbocycles.